The van der Waals surface area contributed by atoms with Gasteiger partial charge in [-0.2, -0.15) is 17.0 Å². The molecule has 8 heteroatoms. The van der Waals surface area contributed by atoms with Crippen molar-refractivity contribution in [3.05, 3.63) is 0 Å². The summed E-state index contributed by atoms with van der Waals surface area (Å²) in [5.74, 6) is 0. The summed E-state index contributed by atoms with van der Waals surface area (Å²) in [5, 5.41) is 3.19. The van der Waals surface area contributed by atoms with Crippen LogP contribution in [0, 0.1) is 0 Å². The molecule has 0 radical (unpaired) electrons. The summed E-state index contributed by atoms with van der Waals surface area (Å²) < 4.78 is 37.9. The third-order valence-corrected chi connectivity index (χ3v) is 5.09. The van der Waals surface area contributed by atoms with Gasteiger partial charge in [0.2, 0.25) is 0 Å². The smallest absolute Gasteiger partial charge is 0.281 e. The second kappa shape index (κ2) is 12.3. The van der Waals surface area contributed by atoms with Crippen LogP contribution in [0.3, 0.4) is 0 Å². The van der Waals surface area contributed by atoms with Crippen molar-refractivity contribution in [2.24, 2.45) is 0 Å². The number of rotatable bonds is 14. The largest absolute Gasteiger partial charge is 0.385 e. The number of nitrogens with zero attached hydrogens (tertiary/aromatic N) is 2. The lowest BCUT2D eigenvalue weighted by Gasteiger charge is -2.27. The van der Waals surface area contributed by atoms with Crippen molar-refractivity contribution < 1.29 is 17.9 Å². The topological polar surface area (TPSA) is 71.1 Å². The van der Waals surface area contributed by atoms with E-state index in [-0.39, 0.29) is 0 Å². The molecule has 128 valence electrons. The van der Waals surface area contributed by atoms with Crippen molar-refractivity contribution in [3.63, 3.8) is 0 Å². The van der Waals surface area contributed by atoms with Crippen LogP contribution in [0.2, 0.25) is 0 Å². The molecule has 0 unspecified atom stereocenters. The van der Waals surface area contributed by atoms with Crippen molar-refractivity contribution in [1.82, 2.24) is 13.9 Å². The number of hydrogen-bond acceptors (Lipinski definition) is 5. The quantitative estimate of drug-likeness (QED) is 0.460. The average molecular weight is 325 g/mol. The second-order valence-electron chi connectivity index (χ2n) is 4.77. The highest BCUT2D eigenvalue weighted by atomic mass is 32.2. The van der Waals surface area contributed by atoms with Gasteiger partial charge in [-0.15, -0.1) is 0 Å². The zero-order valence-corrected chi connectivity index (χ0v) is 14.6. The summed E-state index contributed by atoms with van der Waals surface area (Å²) in [5.41, 5.74) is 0. The van der Waals surface area contributed by atoms with E-state index in [2.05, 4.69) is 5.32 Å². The first-order chi connectivity index (χ1) is 10.0. The third kappa shape index (κ3) is 8.70. The zero-order valence-electron chi connectivity index (χ0n) is 13.8. The molecule has 0 aromatic carbocycles. The number of ether oxygens (including phenoxy) is 2. The highest BCUT2D eigenvalue weighted by molar-refractivity contribution is 7.86. The highest BCUT2D eigenvalue weighted by Crippen LogP contribution is 2.08. The third-order valence-electron chi connectivity index (χ3n) is 3.10. The van der Waals surface area contributed by atoms with Crippen molar-refractivity contribution in [3.8, 4) is 0 Å². The fourth-order valence-electron chi connectivity index (χ4n) is 1.84. The van der Waals surface area contributed by atoms with Gasteiger partial charge in [0.05, 0.1) is 6.61 Å². The predicted octanol–water partition coefficient (Wildman–Crippen LogP) is 0.148. The summed E-state index contributed by atoms with van der Waals surface area (Å²) in [6.07, 6.45) is 1.46. The van der Waals surface area contributed by atoms with Gasteiger partial charge >= 0.3 is 0 Å². The van der Waals surface area contributed by atoms with Gasteiger partial charge in [0.1, 0.15) is 0 Å². The van der Waals surface area contributed by atoms with Crippen LogP contribution in [0.25, 0.3) is 0 Å². The molecule has 0 aromatic heterocycles. The minimum absolute atomic E-state index is 0.361. The van der Waals surface area contributed by atoms with Crippen LogP contribution in [-0.4, -0.2) is 84.2 Å². The minimum atomic E-state index is -3.44. The van der Waals surface area contributed by atoms with Crippen molar-refractivity contribution in [2.45, 2.75) is 19.8 Å². The molecule has 1 N–H and O–H groups in total. The molecule has 0 aliphatic heterocycles. The van der Waals surface area contributed by atoms with Gasteiger partial charge in [0, 0.05) is 47.5 Å². The Labute approximate surface area is 129 Å². The molecule has 0 bridgehead atoms. The molecule has 0 saturated carbocycles. The molecule has 0 heterocycles. The van der Waals surface area contributed by atoms with Crippen molar-refractivity contribution in [2.75, 3.05) is 67.2 Å². The Hall–Kier alpha value is -0.250. The van der Waals surface area contributed by atoms with E-state index in [1.54, 1.807) is 21.3 Å². The molecule has 0 aliphatic rings. The molecule has 0 fully saturated rings. The molecule has 0 aliphatic carbocycles. The molecule has 0 amide bonds. The zero-order chi connectivity index (χ0) is 16.1. The van der Waals surface area contributed by atoms with E-state index in [0.717, 1.165) is 19.5 Å². The summed E-state index contributed by atoms with van der Waals surface area (Å²) >= 11 is 0. The predicted molar refractivity (Wildman–Crippen MR) is 84.7 cm³/mol. The van der Waals surface area contributed by atoms with E-state index >= 15 is 0 Å². The molecule has 0 aromatic rings. The van der Waals surface area contributed by atoms with Gasteiger partial charge in [-0.25, -0.2) is 0 Å². The second-order valence-corrected chi connectivity index (χ2v) is 6.81. The van der Waals surface area contributed by atoms with E-state index in [4.69, 9.17) is 9.47 Å². The summed E-state index contributed by atoms with van der Waals surface area (Å²) in [4.78, 5) is 0. The Morgan fingerprint density at radius 1 is 1.00 bits per heavy atom. The van der Waals surface area contributed by atoms with Crippen molar-refractivity contribution in [1.29, 1.82) is 0 Å². The maximum absolute atomic E-state index is 12.5. The molecular formula is C13H31N3O4S. The average Bonchev–Trinajstić information content (AvgIpc) is 2.46. The lowest BCUT2D eigenvalue weighted by atomic mass is 10.4. The van der Waals surface area contributed by atoms with E-state index < -0.39 is 10.2 Å². The SMILES string of the molecule is CCNCCCN(C)S(=O)(=O)N(CCCOC)CCOC. The molecule has 0 spiro atoms. The molecule has 0 saturated heterocycles. The molecule has 7 nitrogen and oxygen atoms in total. The number of hydrogen-bond donors (Lipinski definition) is 1. The maximum Gasteiger partial charge on any atom is 0.281 e. The van der Waals surface area contributed by atoms with Crippen LogP contribution < -0.4 is 5.32 Å². The monoisotopic (exact) mass is 325 g/mol. The fraction of sp³-hybridized carbons (Fsp3) is 1.00. The van der Waals surface area contributed by atoms with Crippen LogP contribution in [0.4, 0.5) is 0 Å². The first-order valence-electron chi connectivity index (χ1n) is 7.40. The van der Waals surface area contributed by atoms with Crippen LogP contribution in [-0.2, 0) is 19.7 Å². The van der Waals surface area contributed by atoms with Crippen LogP contribution in [0.15, 0.2) is 0 Å². The van der Waals surface area contributed by atoms with Gasteiger partial charge in [0.15, 0.2) is 0 Å². The van der Waals surface area contributed by atoms with Crippen molar-refractivity contribution >= 4 is 10.2 Å². The Bertz CT molecular complexity index is 338. The lowest BCUT2D eigenvalue weighted by molar-refractivity contribution is 0.161. The number of nitrogens with one attached hydrogen (secondary N) is 1. The van der Waals surface area contributed by atoms with Gasteiger partial charge in [-0.1, -0.05) is 6.92 Å². The summed E-state index contributed by atoms with van der Waals surface area (Å²) in [7, 11) is 1.37. The minimum Gasteiger partial charge on any atom is -0.385 e. The summed E-state index contributed by atoms with van der Waals surface area (Å²) in [6.45, 7) is 5.98. The van der Waals surface area contributed by atoms with Crippen LogP contribution in [0.5, 0.6) is 0 Å². The van der Waals surface area contributed by atoms with Gasteiger partial charge in [0.25, 0.3) is 10.2 Å². The van der Waals surface area contributed by atoms with Gasteiger partial charge in [-0.05, 0) is 25.9 Å². The Morgan fingerprint density at radius 3 is 2.24 bits per heavy atom. The first-order valence-corrected chi connectivity index (χ1v) is 8.80. The van der Waals surface area contributed by atoms with E-state index in [1.165, 1.54) is 8.61 Å². The standard InChI is InChI=1S/C13H31N3O4S/c1-5-14-8-6-9-15(2)21(17,18)16(11-13-20-4)10-7-12-19-3/h14H,5-13H2,1-4H3. The Kier molecular flexibility index (Phi) is 12.2. The number of methoxy groups -OCH3 is 2. The summed E-state index contributed by atoms with van der Waals surface area (Å²) in [6, 6.07) is 0. The lowest BCUT2D eigenvalue weighted by Crippen LogP contribution is -2.44. The van der Waals surface area contributed by atoms with Gasteiger partial charge < -0.3 is 14.8 Å². The normalized spacial score (nSPS) is 12.5. The van der Waals surface area contributed by atoms with E-state index in [1.807, 2.05) is 6.92 Å². The Morgan fingerprint density at radius 2 is 1.67 bits per heavy atom. The van der Waals surface area contributed by atoms with Crippen LogP contribution >= 0.6 is 0 Å². The first kappa shape index (κ1) is 20.8. The van der Waals surface area contributed by atoms with E-state index in [0.29, 0.717) is 39.3 Å². The Balaban J connectivity index is 4.50. The maximum atomic E-state index is 12.5. The molecule has 21 heavy (non-hydrogen) atoms. The molecule has 0 rings (SSSR count). The highest BCUT2D eigenvalue weighted by Gasteiger charge is 2.25. The van der Waals surface area contributed by atoms with Gasteiger partial charge in [-0.3, -0.25) is 0 Å². The fourth-order valence-corrected chi connectivity index (χ4v) is 3.26. The molecule has 0 atom stereocenters. The van der Waals surface area contributed by atoms with E-state index in [9.17, 15) is 8.42 Å². The van der Waals surface area contributed by atoms with Crippen LogP contribution in [0.1, 0.15) is 19.8 Å². The molecular weight excluding hydrogens is 294 g/mol.